The van der Waals surface area contributed by atoms with Gasteiger partial charge in [-0.1, -0.05) is 6.92 Å². The van der Waals surface area contributed by atoms with E-state index in [2.05, 4.69) is 27.7 Å². The molecule has 0 aliphatic rings. The van der Waals surface area contributed by atoms with E-state index >= 15 is 0 Å². The molecular weight excluding hydrogens is 232 g/mol. The van der Waals surface area contributed by atoms with Gasteiger partial charge >= 0.3 is 0 Å². The minimum absolute atomic E-state index is 0.762. The van der Waals surface area contributed by atoms with Gasteiger partial charge in [-0.15, -0.1) is 11.3 Å². The lowest BCUT2D eigenvalue weighted by molar-refractivity contribution is 0.653. The number of rotatable bonds is 6. The molecule has 0 bridgehead atoms. The molecule has 2 aromatic rings. The van der Waals surface area contributed by atoms with Crippen molar-refractivity contribution in [2.45, 2.75) is 33.4 Å². The Morgan fingerprint density at radius 2 is 2.35 bits per heavy atom. The second-order valence-corrected chi connectivity index (χ2v) is 5.01. The van der Waals surface area contributed by atoms with Crippen LogP contribution in [0.15, 0.2) is 17.6 Å². The van der Waals surface area contributed by atoms with E-state index in [0.717, 1.165) is 42.5 Å². The zero-order valence-electron chi connectivity index (χ0n) is 10.3. The molecular formula is C12H18N4S. The molecule has 0 aliphatic heterocycles. The quantitative estimate of drug-likeness (QED) is 0.799. The predicted octanol–water partition coefficient (Wildman–Crippen LogP) is 2.20. The molecule has 0 amide bonds. The number of hydrogen-bond acceptors (Lipinski definition) is 4. The van der Waals surface area contributed by atoms with E-state index in [0.29, 0.717) is 0 Å². The Bertz CT molecular complexity index is 461. The van der Waals surface area contributed by atoms with E-state index in [-0.39, 0.29) is 0 Å². The normalized spacial score (nSPS) is 10.9. The van der Waals surface area contributed by atoms with Crippen LogP contribution in [0.25, 0.3) is 0 Å². The Balaban J connectivity index is 1.89. The standard InChI is InChI=1S/C12H18N4S/c1-3-5-13-7-12-14-11(9-17-12)8-16-6-4-10(2)15-16/h4,6,9,13H,3,5,7-8H2,1-2H3. The first-order valence-corrected chi connectivity index (χ1v) is 6.80. The van der Waals surface area contributed by atoms with Crippen LogP contribution >= 0.6 is 11.3 Å². The van der Waals surface area contributed by atoms with E-state index in [4.69, 9.17) is 0 Å². The van der Waals surface area contributed by atoms with Crippen molar-refractivity contribution in [3.63, 3.8) is 0 Å². The van der Waals surface area contributed by atoms with Crippen molar-refractivity contribution in [3.05, 3.63) is 34.0 Å². The minimum Gasteiger partial charge on any atom is -0.310 e. The molecule has 0 radical (unpaired) electrons. The Morgan fingerprint density at radius 3 is 3.06 bits per heavy atom. The van der Waals surface area contributed by atoms with Gasteiger partial charge in [0.1, 0.15) is 5.01 Å². The molecule has 0 spiro atoms. The molecule has 2 rings (SSSR count). The molecule has 0 saturated heterocycles. The lowest BCUT2D eigenvalue weighted by Gasteiger charge is -1.99. The van der Waals surface area contributed by atoms with Crippen LogP contribution in [0.5, 0.6) is 0 Å². The van der Waals surface area contributed by atoms with E-state index in [1.54, 1.807) is 11.3 Å². The lowest BCUT2D eigenvalue weighted by atomic mass is 10.4. The Labute approximate surface area is 106 Å². The first-order chi connectivity index (χ1) is 8.28. The monoisotopic (exact) mass is 250 g/mol. The van der Waals surface area contributed by atoms with E-state index in [1.165, 1.54) is 0 Å². The molecule has 17 heavy (non-hydrogen) atoms. The molecule has 0 fully saturated rings. The van der Waals surface area contributed by atoms with Crippen LogP contribution < -0.4 is 5.32 Å². The predicted molar refractivity (Wildman–Crippen MR) is 70.2 cm³/mol. The van der Waals surface area contributed by atoms with Gasteiger partial charge in [0.05, 0.1) is 17.9 Å². The number of thiazole rings is 1. The van der Waals surface area contributed by atoms with Gasteiger partial charge in [-0.25, -0.2) is 4.98 Å². The van der Waals surface area contributed by atoms with Gasteiger partial charge in [0.15, 0.2) is 0 Å². The van der Waals surface area contributed by atoms with Crippen LogP contribution in [-0.4, -0.2) is 21.3 Å². The number of aryl methyl sites for hydroxylation is 1. The minimum atomic E-state index is 0.762. The van der Waals surface area contributed by atoms with Crippen molar-refractivity contribution >= 4 is 11.3 Å². The molecule has 0 saturated carbocycles. The van der Waals surface area contributed by atoms with Crippen molar-refractivity contribution in [1.82, 2.24) is 20.1 Å². The second-order valence-electron chi connectivity index (χ2n) is 4.06. The van der Waals surface area contributed by atoms with E-state index in [9.17, 15) is 0 Å². The Morgan fingerprint density at radius 1 is 1.47 bits per heavy atom. The van der Waals surface area contributed by atoms with Gasteiger partial charge in [0.25, 0.3) is 0 Å². The third kappa shape index (κ3) is 3.64. The summed E-state index contributed by atoms with van der Waals surface area (Å²) in [4.78, 5) is 4.58. The topological polar surface area (TPSA) is 42.7 Å². The maximum absolute atomic E-state index is 4.58. The average molecular weight is 250 g/mol. The van der Waals surface area contributed by atoms with E-state index in [1.807, 2.05) is 23.9 Å². The summed E-state index contributed by atoms with van der Waals surface area (Å²) in [6.45, 7) is 6.85. The third-order valence-corrected chi connectivity index (χ3v) is 3.30. The largest absolute Gasteiger partial charge is 0.310 e. The lowest BCUT2D eigenvalue weighted by Crippen LogP contribution is -2.13. The highest BCUT2D eigenvalue weighted by molar-refractivity contribution is 7.09. The Hall–Kier alpha value is -1.20. The SMILES string of the molecule is CCCNCc1nc(Cn2ccc(C)n2)cs1. The summed E-state index contributed by atoms with van der Waals surface area (Å²) >= 11 is 1.71. The fourth-order valence-electron chi connectivity index (χ4n) is 1.59. The van der Waals surface area contributed by atoms with Crippen LogP contribution in [0.1, 0.15) is 29.7 Å². The summed E-state index contributed by atoms with van der Waals surface area (Å²) in [6.07, 6.45) is 3.15. The van der Waals surface area contributed by atoms with Crippen molar-refractivity contribution in [1.29, 1.82) is 0 Å². The van der Waals surface area contributed by atoms with Crippen LogP contribution in [0.4, 0.5) is 0 Å². The molecule has 4 nitrogen and oxygen atoms in total. The van der Waals surface area contributed by atoms with Crippen molar-refractivity contribution in [2.24, 2.45) is 0 Å². The molecule has 2 heterocycles. The third-order valence-electron chi connectivity index (χ3n) is 2.40. The highest BCUT2D eigenvalue weighted by Gasteiger charge is 2.03. The summed E-state index contributed by atoms with van der Waals surface area (Å²) in [6, 6.07) is 2.01. The summed E-state index contributed by atoms with van der Waals surface area (Å²) in [7, 11) is 0. The number of hydrogen-bond donors (Lipinski definition) is 1. The van der Waals surface area contributed by atoms with Gasteiger partial charge in [-0.2, -0.15) is 5.10 Å². The van der Waals surface area contributed by atoms with Crippen LogP contribution in [-0.2, 0) is 13.1 Å². The fraction of sp³-hybridized carbons (Fsp3) is 0.500. The van der Waals surface area contributed by atoms with Gasteiger partial charge in [0.2, 0.25) is 0 Å². The van der Waals surface area contributed by atoms with Crippen LogP contribution in [0.3, 0.4) is 0 Å². The molecule has 1 N–H and O–H groups in total. The number of aromatic nitrogens is 3. The first-order valence-electron chi connectivity index (χ1n) is 5.92. The second kappa shape index (κ2) is 5.93. The summed E-state index contributed by atoms with van der Waals surface area (Å²) in [5, 5.41) is 11.0. The Kier molecular flexibility index (Phi) is 4.28. The van der Waals surface area contributed by atoms with Gasteiger partial charge in [-0.3, -0.25) is 4.68 Å². The molecule has 0 atom stereocenters. The molecule has 0 unspecified atom stereocenters. The van der Waals surface area contributed by atoms with E-state index < -0.39 is 0 Å². The van der Waals surface area contributed by atoms with Crippen molar-refractivity contribution in [3.8, 4) is 0 Å². The van der Waals surface area contributed by atoms with Gasteiger partial charge < -0.3 is 5.32 Å². The first kappa shape index (κ1) is 12.3. The summed E-state index contributed by atoms with van der Waals surface area (Å²) < 4.78 is 1.92. The summed E-state index contributed by atoms with van der Waals surface area (Å²) in [5.41, 5.74) is 2.14. The maximum atomic E-state index is 4.58. The maximum Gasteiger partial charge on any atom is 0.107 e. The van der Waals surface area contributed by atoms with Crippen molar-refractivity contribution < 1.29 is 0 Å². The molecule has 2 aromatic heterocycles. The zero-order chi connectivity index (χ0) is 12.1. The average Bonchev–Trinajstić information content (AvgIpc) is 2.90. The molecule has 0 aromatic carbocycles. The van der Waals surface area contributed by atoms with Crippen LogP contribution in [0, 0.1) is 6.92 Å². The van der Waals surface area contributed by atoms with Gasteiger partial charge in [0, 0.05) is 18.1 Å². The fourth-order valence-corrected chi connectivity index (χ4v) is 2.35. The number of nitrogens with one attached hydrogen (secondary N) is 1. The molecule has 92 valence electrons. The molecule has 0 aliphatic carbocycles. The number of nitrogens with zero attached hydrogens (tertiary/aromatic N) is 3. The molecule has 5 heteroatoms. The highest BCUT2D eigenvalue weighted by Crippen LogP contribution is 2.10. The zero-order valence-corrected chi connectivity index (χ0v) is 11.1. The highest BCUT2D eigenvalue weighted by atomic mass is 32.1. The van der Waals surface area contributed by atoms with Gasteiger partial charge in [-0.05, 0) is 26.0 Å². The summed E-state index contributed by atoms with van der Waals surface area (Å²) in [5.74, 6) is 0. The van der Waals surface area contributed by atoms with Crippen LogP contribution in [0.2, 0.25) is 0 Å². The smallest absolute Gasteiger partial charge is 0.107 e. The van der Waals surface area contributed by atoms with Crippen molar-refractivity contribution in [2.75, 3.05) is 6.54 Å².